The third kappa shape index (κ3) is 5.22. The average Bonchev–Trinajstić information content (AvgIpc) is 3.25. The van der Waals surface area contributed by atoms with Crippen LogP contribution in [0.2, 0.25) is 0 Å². The number of morpholine rings is 1. The van der Waals surface area contributed by atoms with Crippen molar-refractivity contribution in [3.8, 4) is 11.6 Å². The zero-order valence-corrected chi connectivity index (χ0v) is 17.7. The molecular weight excluding hydrogens is 441 g/mol. The van der Waals surface area contributed by atoms with Gasteiger partial charge in [-0.3, -0.25) is 4.79 Å². The van der Waals surface area contributed by atoms with Gasteiger partial charge in [-0.25, -0.2) is 14.6 Å². The summed E-state index contributed by atoms with van der Waals surface area (Å²) in [6.07, 6.45) is -1.89. The molecule has 1 aliphatic heterocycles. The summed E-state index contributed by atoms with van der Waals surface area (Å²) in [6.45, 7) is 4.37. The molecule has 0 bridgehead atoms. The van der Waals surface area contributed by atoms with Crippen molar-refractivity contribution < 1.29 is 27.4 Å². The number of amides is 1. The van der Waals surface area contributed by atoms with E-state index in [1.165, 1.54) is 18.3 Å². The standard InChI is InChI=1S/C21H21F3N6O3/c1-2-33-19-12-16(21(22,23)24)30(28-19)15-3-4-17(26-13-15)27-20(31)14-5-6-25-18(11-14)29-7-9-32-10-8-29/h3-6,11-13H,2,7-10H2,1H3,(H,26,27,31). The van der Waals surface area contributed by atoms with Crippen LogP contribution in [-0.2, 0) is 10.9 Å². The molecule has 0 aromatic carbocycles. The highest BCUT2D eigenvalue weighted by molar-refractivity contribution is 6.04. The Morgan fingerprint density at radius 1 is 1.18 bits per heavy atom. The minimum Gasteiger partial charge on any atom is -0.477 e. The number of nitrogens with one attached hydrogen (secondary N) is 1. The van der Waals surface area contributed by atoms with Crippen molar-refractivity contribution in [3.63, 3.8) is 0 Å². The van der Waals surface area contributed by atoms with E-state index in [0.717, 1.165) is 6.07 Å². The molecule has 1 N–H and O–H groups in total. The third-order valence-electron chi connectivity index (χ3n) is 4.85. The van der Waals surface area contributed by atoms with E-state index >= 15 is 0 Å². The minimum absolute atomic E-state index is 0.0739. The number of ether oxygens (including phenoxy) is 2. The fourth-order valence-corrected chi connectivity index (χ4v) is 3.28. The molecule has 3 aromatic heterocycles. The molecule has 0 saturated carbocycles. The maximum Gasteiger partial charge on any atom is 0.433 e. The van der Waals surface area contributed by atoms with Gasteiger partial charge in [0.2, 0.25) is 5.88 Å². The SMILES string of the molecule is CCOc1cc(C(F)(F)F)n(-c2ccc(NC(=O)c3ccnc(N4CCOCC4)c3)nc2)n1. The Balaban J connectivity index is 1.50. The molecule has 0 atom stereocenters. The number of alkyl halides is 3. The number of pyridine rings is 2. The van der Waals surface area contributed by atoms with Crippen LogP contribution in [0.15, 0.2) is 42.7 Å². The van der Waals surface area contributed by atoms with Crippen LogP contribution in [0.4, 0.5) is 24.8 Å². The summed E-state index contributed by atoms with van der Waals surface area (Å²) in [7, 11) is 0. The number of rotatable bonds is 6. The second kappa shape index (κ2) is 9.45. The van der Waals surface area contributed by atoms with Crippen molar-refractivity contribution >= 4 is 17.5 Å². The number of hydrogen-bond donors (Lipinski definition) is 1. The lowest BCUT2D eigenvalue weighted by atomic mass is 10.2. The number of halogens is 3. The van der Waals surface area contributed by atoms with Crippen molar-refractivity contribution in [2.24, 2.45) is 0 Å². The van der Waals surface area contributed by atoms with E-state index in [4.69, 9.17) is 9.47 Å². The number of hydrogen-bond acceptors (Lipinski definition) is 7. The summed E-state index contributed by atoms with van der Waals surface area (Å²) < 4.78 is 51.3. The van der Waals surface area contributed by atoms with E-state index in [0.29, 0.717) is 42.4 Å². The van der Waals surface area contributed by atoms with Crippen molar-refractivity contribution in [2.75, 3.05) is 43.1 Å². The fraction of sp³-hybridized carbons (Fsp3) is 0.333. The summed E-state index contributed by atoms with van der Waals surface area (Å²) in [5.74, 6) is 0.286. The molecule has 0 unspecified atom stereocenters. The molecule has 1 aliphatic rings. The molecule has 1 amide bonds. The molecule has 4 rings (SSSR count). The maximum atomic E-state index is 13.4. The Labute approximate surface area is 187 Å². The zero-order valence-electron chi connectivity index (χ0n) is 17.7. The Morgan fingerprint density at radius 3 is 2.64 bits per heavy atom. The van der Waals surface area contributed by atoms with Crippen molar-refractivity contribution in [1.29, 1.82) is 0 Å². The van der Waals surface area contributed by atoms with E-state index in [-0.39, 0.29) is 24.0 Å². The van der Waals surface area contributed by atoms with Gasteiger partial charge < -0.3 is 19.7 Å². The van der Waals surface area contributed by atoms with Gasteiger partial charge in [0.1, 0.15) is 11.6 Å². The molecule has 1 fully saturated rings. The maximum absolute atomic E-state index is 13.4. The van der Waals surface area contributed by atoms with Crippen LogP contribution in [0.1, 0.15) is 23.0 Å². The van der Waals surface area contributed by atoms with Crippen LogP contribution in [-0.4, -0.2) is 58.6 Å². The predicted molar refractivity (Wildman–Crippen MR) is 113 cm³/mol. The first-order valence-corrected chi connectivity index (χ1v) is 10.2. The Morgan fingerprint density at radius 2 is 1.97 bits per heavy atom. The monoisotopic (exact) mass is 462 g/mol. The first-order chi connectivity index (χ1) is 15.8. The first-order valence-electron chi connectivity index (χ1n) is 10.2. The molecule has 0 aliphatic carbocycles. The smallest absolute Gasteiger partial charge is 0.433 e. The molecule has 9 nitrogen and oxygen atoms in total. The molecule has 1 saturated heterocycles. The topological polar surface area (TPSA) is 94.4 Å². The molecule has 4 heterocycles. The van der Waals surface area contributed by atoms with E-state index < -0.39 is 17.8 Å². The van der Waals surface area contributed by atoms with Crippen LogP contribution >= 0.6 is 0 Å². The van der Waals surface area contributed by atoms with Crippen LogP contribution in [0.25, 0.3) is 5.69 Å². The summed E-state index contributed by atoms with van der Waals surface area (Å²) in [4.78, 5) is 23.1. The quantitative estimate of drug-likeness (QED) is 0.601. The van der Waals surface area contributed by atoms with Gasteiger partial charge in [-0.2, -0.15) is 13.2 Å². The fourth-order valence-electron chi connectivity index (χ4n) is 3.28. The first kappa shape index (κ1) is 22.5. The lowest BCUT2D eigenvalue weighted by molar-refractivity contribution is -0.142. The minimum atomic E-state index is -4.63. The van der Waals surface area contributed by atoms with Gasteiger partial charge in [-0.1, -0.05) is 0 Å². The largest absolute Gasteiger partial charge is 0.477 e. The molecule has 0 radical (unpaired) electrons. The second-order valence-corrected chi connectivity index (χ2v) is 7.07. The molecule has 0 spiro atoms. The average molecular weight is 462 g/mol. The highest BCUT2D eigenvalue weighted by Gasteiger charge is 2.36. The Kier molecular flexibility index (Phi) is 6.45. The van der Waals surface area contributed by atoms with Crippen molar-refractivity contribution in [1.82, 2.24) is 19.7 Å². The lowest BCUT2D eigenvalue weighted by Crippen LogP contribution is -2.36. The van der Waals surface area contributed by atoms with Gasteiger partial charge >= 0.3 is 6.18 Å². The molecule has 174 valence electrons. The molecule has 3 aromatic rings. The lowest BCUT2D eigenvalue weighted by Gasteiger charge is -2.27. The van der Waals surface area contributed by atoms with Crippen LogP contribution in [0.3, 0.4) is 0 Å². The summed E-state index contributed by atoms with van der Waals surface area (Å²) in [5, 5.41) is 6.50. The van der Waals surface area contributed by atoms with Crippen molar-refractivity contribution in [3.05, 3.63) is 54.0 Å². The van der Waals surface area contributed by atoms with Gasteiger partial charge in [0, 0.05) is 30.9 Å². The third-order valence-corrected chi connectivity index (χ3v) is 4.85. The summed E-state index contributed by atoms with van der Waals surface area (Å²) in [5.41, 5.74) is -0.535. The van der Waals surface area contributed by atoms with E-state index in [1.54, 1.807) is 25.3 Å². The highest BCUT2D eigenvalue weighted by Crippen LogP contribution is 2.33. The molecular formula is C21H21F3N6O3. The van der Waals surface area contributed by atoms with Gasteiger partial charge in [-0.15, -0.1) is 5.10 Å². The molecule has 33 heavy (non-hydrogen) atoms. The van der Waals surface area contributed by atoms with Crippen molar-refractivity contribution in [2.45, 2.75) is 13.1 Å². The van der Waals surface area contributed by atoms with Gasteiger partial charge in [0.15, 0.2) is 5.69 Å². The van der Waals surface area contributed by atoms with Gasteiger partial charge in [-0.05, 0) is 31.2 Å². The number of carbonyl (C=O) groups excluding carboxylic acids is 1. The number of nitrogens with zero attached hydrogens (tertiary/aromatic N) is 5. The number of aromatic nitrogens is 4. The van der Waals surface area contributed by atoms with E-state index in [2.05, 4.69) is 20.4 Å². The molecule has 12 heteroatoms. The highest BCUT2D eigenvalue weighted by atomic mass is 19.4. The zero-order chi connectivity index (χ0) is 23.4. The van der Waals surface area contributed by atoms with Gasteiger partial charge in [0.05, 0.1) is 31.7 Å². The normalized spacial score (nSPS) is 14.2. The van der Waals surface area contributed by atoms with E-state index in [9.17, 15) is 18.0 Å². The number of carbonyl (C=O) groups is 1. The van der Waals surface area contributed by atoms with E-state index in [1.807, 2.05) is 4.90 Å². The Hall–Kier alpha value is -3.67. The predicted octanol–water partition coefficient (Wildman–Crippen LogP) is 3.17. The summed E-state index contributed by atoms with van der Waals surface area (Å²) >= 11 is 0. The van der Waals surface area contributed by atoms with Crippen LogP contribution in [0, 0.1) is 0 Å². The summed E-state index contributed by atoms with van der Waals surface area (Å²) in [6, 6.07) is 6.85. The second-order valence-electron chi connectivity index (χ2n) is 7.07. The number of anilines is 2. The van der Waals surface area contributed by atoms with Crippen LogP contribution in [0.5, 0.6) is 5.88 Å². The Bertz CT molecular complexity index is 1110. The van der Waals surface area contributed by atoms with Crippen LogP contribution < -0.4 is 15.0 Å². The van der Waals surface area contributed by atoms with Gasteiger partial charge in [0.25, 0.3) is 5.91 Å².